The fraction of sp³-hybridized carbons (Fsp3) is 0.385. The van der Waals surface area contributed by atoms with E-state index in [0.717, 1.165) is 19.3 Å². The molecule has 0 saturated heterocycles. The summed E-state index contributed by atoms with van der Waals surface area (Å²) in [6, 6.07) is 4.89. The molecule has 0 unspecified atom stereocenters. The third kappa shape index (κ3) is 3.34. The number of aromatic hydroxyl groups is 1. The number of nitrogens with one attached hydrogen (secondary N) is 1. The first-order valence-corrected chi connectivity index (χ1v) is 6.76. The predicted molar refractivity (Wildman–Crippen MR) is 81.1 cm³/mol. The molecule has 0 spiro atoms. The highest BCUT2D eigenvalue weighted by atomic mass is 35.5. The summed E-state index contributed by atoms with van der Waals surface area (Å²) in [5.74, 6) is -0.405. The van der Waals surface area contributed by atoms with Gasteiger partial charge in [-0.25, -0.2) is 4.68 Å². The number of tetrazole rings is 1. The molecule has 1 aliphatic carbocycles. The van der Waals surface area contributed by atoms with Gasteiger partial charge in [-0.15, -0.1) is 17.5 Å². The molecule has 0 aliphatic heterocycles. The number of carbonyl (C=O) groups excluding carboxylic acids is 1. The van der Waals surface area contributed by atoms with Crippen molar-refractivity contribution in [2.75, 3.05) is 0 Å². The number of carbonyl (C=O) groups is 1. The molecular weight excluding hydrogens is 308 g/mol. The Labute approximate surface area is 133 Å². The van der Waals surface area contributed by atoms with Gasteiger partial charge >= 0.3 is 0 Å². The molecule has 9 heteroatoms. The third-order valence-corrected chi connectivity index (χ3v) is 3.65. The first kappa shape index (κ1) is 16.2. The van der Waals surface area contributed by atoms with Gasteiger partial charge in [0.05, 0.1) is 11.3 Å². The van der Waals surface area contributed by atoms with Crippen LogP contribution < -0.4 is 11.1 Å². The molecule has 1 heterocycles. The van der Waals surface area contributed by atoms with E-state index < -0.39 is 0 Å². The van der Waals surface area contributed by atoms with E-state index in [-0.39, 0.29) is 41.7 Å². The first-order chi connectivity index (χ1) is 10.1. The van der Waals surface area contributed by atoms with Gasteiger partial charge in [0, 0.05) is 18.2 Å². The second-order valence-corrected chi connectivity index (χ2v) is 5.20. The van der Waals surface area contributed by atoms with Crippen LogP contribution in [0.4, 0.5) is 0 Å². The van der Waals surface area contributed by atoms with E-state index >= 15 is 0 Å². The Morgan fingerprint density at radius 3 is 2.82 bits per heavy atom. The van der Waals surface area contributed by atoms with Crippen LogP contribution in [0.2, 0.25) is 0 Å². The van der Waals surface area contributed by atoms with E-state index in [1.165, 1.54) is 17.1 Å². The molecule has 1 fully saturated rings. The molecule has 0 bridgehead atoms. The predicted octanol–water partition coefficient (Wildman–Crippen LogP) is 0.399. The van der Waals surface area contributed by atoms with E-state index in [1.807, 2.05) is 0 Å². The van der Waals surface area contributed by atoms with Crippen molar-refractivity contribution >= 4 is 18.3 Å². The largest absolute Gasteiger partial charge is 0.507 e. The maximum absolute atomic E-state index is 12.2. The van der Waals surface area contributed by atoms with Gasteiger partial charge in [0.25, 0.3) is 5.91 Å². The number of hydrogen-bond acceptors (Lipinski definition) is 6. The second kappa shape index (κ2) is 6.71. The number of rotatable bonds is 3. The molecule has 8 nitrogen and oxygen atoms in total. The van der Waals surface area contributed by atoms with Crippen molar-refractivity contribution in [1.82, 2.24) is 25.5 Å². The highest BCUT2D eigenvalue weighted by Gasteiger charge is 2.24. The quantitative estimate of drug-likeness (QED) is 0.752. The van der Waals surface area contributed by atoms with Gasteiger partial charge in [0.2, 0.25) is 0 Å². The molecule has 1 aliphatic rings. The molecular formula is C13H17ClN6O2. The van der Waals surface area contributed by atoms with Crippen molar-refractivity contribution in [3.63, 3.8) is 0 Å². The minimum absolute atomic E-state index is 0. The van der Waals surface area contributed by atoms with Gasteiger partial charge in [-0.1, -0.05) is 0 Å². The normalized spacial score (nSPS) is 20.4. The van der Waals surface area contributed by atoms with Crippen LogP contribution in [0.1, 0.15) is 29.6 Å². The lowest BCUT2D eigenvalue weighted by molar-refractivity contribution is 0.0935. The minimum Gasteiger partial charge on any atom is -0.507 e. The summed E-state index contributed by atoms with van der Waals surface area (Å²) in [7, 11) is 0. The number of phenolic OH excluding ortho intramolecular Hbond substituents is 1. The Morgan fingerprint density at radius 2 is 2.23 bits per heavy atom. The van der Waals surface area contributed by atoms with Gasteiger partial charge in [0.1, 0.15) is 12.1 Å². The van der Waals surface area contributed by atoms with E-state index in [0.29, 0.717) is 5.69 Å². The van der Waals surface area contributed by atoms with Gasteiger partial charge in [-0.2, -0.15) is 0 Å². The molecule has 1 saturated carbocycles. The molecule has 118 valence electrons. The van der Waals surface area contributed by atoms with Gasteiger partial charge in [-0.05, 0) is 41.8 Å². The number of halogens is 1. The first-order valence-electron chi connectivity index (χ1n) is 6.76. The van der Waals surface area contributed by atoms with Crippen LogP contribution in [-0.4, -0.2) is 43.3 Å². The highest BCUT2D eigenvalue weighted by Crippen LogP contribution is 2.22. The molecule has 2 aromatic rings. The van der Waals surface area contributed by atoms with Crippen molar-refractivity contribution in [2.45, 2.75) is 31.3 Å². The maximum atomic E-state index is 12.2. The monoisotopic (exact) mass is 324 g/mol. The van der Waals surface area contributed by atoms with Crippen molar-refractivity contribution in [3.05, 3.63) is 30.1 Å². The van der Waals surface area contributed by atoms with Crippen molar-refractivity contribution in [2.24, 2.45) is 5.73 Å². The maximum Gasteiger partial charge on any atom is 0.255 e. The fourth-order valence-corrected chi connectivity index (χ4v) is 2.54. The lowest BCUT2D eigenvalue weighted by Gasteiger charge is -2.13. The van der Waals surface area contributed by atoms with Crippen LogP contribution in [0, 0.1) is 0 Å². The summed E-state index contributed by atoms with van der Waals surface area (Å²) < 4.78 is 1.40. The van der Waals surface area contributed by atoms with Crippen LogP contribution >= 0.6 is 12.4 Å². The summed E-state index contributed by atoms with van der Waals surface area (Å²) in [6.07, 6.45) is 3.97. The number of amides is 1. The minimum atomic E-state index is -0.296. The molecule has 1 amide bonds. The molecule has 1 aromatic carbocycles. The van der Waals surface area contributed by atoms with Crippen LogP contribution in [0.5, 0.6) is 5.75 Å². The Balaban J connectivity index is 0.00000176. The molecule has 4 N–H and O–H groups in total. The van der Waals surface area contributed by atoms with E-state index in [4.69, 9.17) is 5.73 Å². The van der Waals surface area contributed by atoms with Gasteiger partial charge in [0.15, 0.2) is 0 Å². The molecule has 2 atom stereocenters. The number of hydrogen-bond donors (Lipinski definition) is 3. The summed E-state index contributed by atoms with van der Waals surface area (Å²) >= 11 is 0. The smallest absolute Gasteiger partial charge is 0.255 e. The van der Waals surface area contributed by atoms with E-state index in [2.05, 4.69) is 20.8 Å². The zero-order chi connectivity index (χ0) is 14.8. The number of nitrogens with two attached hydrogens (primary N) is 1. The SMILES string of the molecule is Cl.N[C@@H]1CC[C@@H](NC(=O)c2ccc(-n3cnnn3)cc2O)C1. The van der Waals surface area contributed by atoms with Crippen molar-refractivity contribution in [3.8, 4) is 11.4 Å². The number of nitrogens with zero attached hydrogens (tertiary/aromatic N) is 4. The molecule has 22 heavy (non-hydrogen) atoms. The van der Waals surface area contributed by atoms with Crippen LogP contribution in [0.3, 0.4) is 0 Å². The zero-order valence-electron chi connectivity index (χ0n) is 11.7. The van der Waals surface area contributed by atoms with Crippen molar-refractivity contribution in [1.29, 1.82) is 0 Å². The lowest BCUT2D eigenvalue weighted by atomic mass is 10.1. The fourth-order valence-electron chi connectivity index (χ4n) is 2.54. The standard InChI is InChI=1S/C13H16N6O2.ClH/c14-8-1-2-9(5-8)16-13(21)11-4-3-10(6-12(11)20)19-7-15-17-18-19;/h3-4,6-9,20H,1-2,5,14H2,(H,16,21);1H/t8-,9-;/m1./s1. The summed E-state index contributed by atoms with van der Waals surface area (Å²) in [5, 5.41) is 23.7. The average Bonchev–Trinajstić information content (AvgIpc) is 3.10. The van der Waals surface area contributed by atoms with Crippen molar-refractivity contribution < 1.29 is 9.90 Å². The Kier molecular flexibility index (Phi) is 4.94. The summed E-state index contributed by atoms with van der Waals surface area (Å²) in [6.45, 7) is 0. The Hall–Kier alpha value is -2.19. The van der Waals surface area contributed by atoms with E-state index in [1.54, 1.807) is 12.1 Å². The average molecular weight is 325 g/mol. The van der Waals surface area contributed by atoms with Gasteiger partial charge < -0.3 is 16.2 Å². The van der Waals surface area contributed by atoms with Crippen LogP contribution in [0.25, 0.3) is 5.69 Å². The van der Waals surface area contributed by atoms with E-state index in [9.17, 15) is 9.90 Å². The second-order valence-electron chi connectivity index (χ2n) is 5.20. The number of aromatic nitrogens is 4. The summed E-state index contributed by atoms with van der Waals surface area (Å²) in [5.41, 5.74) is 6.63. The van der Waals surface area contributed by atoms with Gasteiger partial charge in [-0.3, -0.25) is 4.79 Å². The summed E-state index contributed by atoms with van der Waals surface area (Å²) in [4.78, 5) is 12.2. The van der Waals surface area contributed by atoms with Crippen LogP contribution in [0.15, 0.2) is 24.5 Å². The Bertz CT molecular complexity index is 648. The third-order valence-electron chi connectivity index (χ3n) is 3.65. The number of phenols is 1. The topological polar surface area (TPSA) is 119 Å². The van der Waals surface area contributed by atoms with Crippen LogP contribution in [-0.2, 0) is 0 Å². The molecule has 3 rings (SSSR count). The number of benzene rings is 1. The molecule has 0 radical (unpaired) electrons. The highest BCUT2D eigenvalue weighted by molar-refractivity contribution is 5.97. The Morgan fingerprint density at radius 1 is 1.41 bits per heavy atom. The lowest BCUT2D eigenvalue weighted by Crippen LogP contribution is -2.34. The zero-order valence-corrected chi connectivity index (χ0v) is 12.5. The molecule has 1 aromatic heterocycles.